The third kappa shape index (κ3) is 5.69. The van der Waals surface area contributed by atoms with E-state index >= 15 is 0 Å². The Hall–Kier alpha value is -6.92. The number of nitrogens with zero attached hydrogens (tertiary/aromatic N) is 3. The summed E-state index contributed by atoms with van der Waals surface area (Å²) in [4.78, 5) is 9.79. The molecule has 0 unspecified atom stereocenters. The lowest BCUT2D eigenvalue weighted by Gasteiger charge is -2.34. The van der Waals surface area contributed by atoms with Gasteiger partial charge >= 0.3 is 0 Å². The zero-order valence-corrected chi connectivity index (χ0v) is 33.5. The number of hydrogen-bond donors (Lipinski definition) is 0. The maximum Gasteiger partial charge on any atom is 0.0602 e. The van der Waals surface area contributed by atoms with Crippen molar-refractivity contribution in [2.75, 3.05) is 9.80 Å². The third-order valence-corrected chi connectivity index (χ3v) is 13.7. The van der Waals surface area contributed by atoms with E-state index in [0.29, 0.717) is 0 Å². The van der Waals surface area contributed by atoms with Crippen LogP contribution in [0.2, 0.25) is 0 Å². The summed E-state index contributed by atoms with van der Waals surface area (Å²) in [6.45, 7) is 0. The van der Waals surface area contributed by atoms with Crippen LogP contribution in [-0.2, 0) is 0 Å². The lowest BCUT2D eigenvalue weighted by molar-refractivity contribution is 1.16. The normalized spacial score (nSPS) is 12.9. The van der Waals surface area contributed by atoms with Gasteiger partial charge in [0.1, 0.15) is 0 Å². The maximum atomic E-state index is 2.42. The molecule has 3 heterocycles. The number of benzene rings is 9. The second-order valence-electron chi connectivity index (χ2n) is 15.0. The van der Waals surface area contributed by atoms with Gasteiger partial charge in [0.25, 0.3) is 0 Å². The lowest BCUT2D eigenvalue weighted by Crippen LogP contribution is -2.15. The molecule has 59 heavy (non-hydrogen) atoms. The summed E-state index contributed by atoms with van der Waals surface area (Å²) >= 11 is 3.72. The molecule has 0 fully saturated rings. The average molecular weight is 790 g/mol. The van der Waals surface area contributed by atoms with Gasteiger partial charge in [0.2, 0.25) is 0 Å². The predicted octanol–water partition coefficient (Wildman–Crippen LogP) is 16.0. The van der Waals surface area contributed by atoms with Gasteiger partial charge in [-0.15, -0.1) is 0 Å². The van der Waals surface area contributed by atoms with Gasteiger partial charge in [-0.3, -0.25) is 0 Å². The van der Waals surface area contributed by atoms with Crippen molar-refractivity contribution in [3.8, 4) is 27.9 Å². The molecular formula is C54H35N3S2. The molecule has 0 atom stereocenters. The van der Waals surface area contributed by atoms with Gasteiger partial charge in [-0.2, -0.15) is 0 Å². The SMILES string of the molecule is c1ccc(N2c3ccccc3Sc3cc(-c4ccc5c(c4)Sc4cc(-c6ccc7c(c6)c6ccccc6n7-c6ccccc6)ccc4N5c4ccccc4)ccc32)cc1. The van der Waals surface area contributed by atoms with Crippen LogP contribution in [0, 0.1) is 0 Å². The van der Waals surface area contributed by atoms with E-state index in [0.717, 1.165) is 11.4 Å². The van der Waals surface area contributed by atoms with Crippen molar-refractivity contribution in [2.24, 2.45) is 0 Å². The van der Waals surface area contributed by atoms with Crippen LogP contribution in [0.5, 0.6) is 0 Å². The Morgan fingerprint density at radius 2 is 0.678 bits per heavy atom. The van der Waals surface area contributed by atoms with Crippen molar-refractivity contribution in [2.45, 2.75) is 19.6 Å². The minimum Gasteiger partial charge on any atom is -0.309 e. The van der Waals surface area contributed by atoms with Crippen LogP contribution in [-0.4, -0.2) is 4.57 Å². The van der Waals surface area contributed by atoms with Crippen molar-refractivity contribution >= 4 is 79.5 Å². The van der Waals surface area contributed by atoms with Gasteiger partial charge in [-0.1, -0.05) is 133 Å². The van der Waals surface area contributed by atoms with Crippen LogP contribution in [0.3, 0.4) is 0 Å². The van der Waals surface area contributed by atoms with Crippen molar-refractivity contribution in [1.29, 1.82) is 0 Å². The maximum absolute atomic E-state index is 2.42. The molecular weight excluding hydrogens is 755 g/mol. The van der Waals surface area contributed by atoms with E-state index in [9.17, 15) is 0 Å². The molecule has 0 amide bonds. The summed E-state index contributed by atoms with van der Waals surface area (Å²) in [7, 11) is 0. The molecule has 2 aliphatic rings. The fourth-order valence-corrected chi connectivity index (χ4v) is 11.1. The molecule has 1 aromatic heterocycles. The van der Waals surface area contributed by atoms with Crippen molar-refractivity contribution < 1.29 is 0 Å². The van der Waals surface area contributed by atoms with E-state index in [-0.39, 0.29) is 0 Å². The lowest BCUT2D eigenvalue weighted by atomic mass is 10.0. The molecule has 0 saturated heterocycles. The molecule has 9 aromatic carbocycles. The zero-order valence-electron chi connectivity index (χ0n) is 31.9. The van der Waals surface area contributed by atoms with Crippen LogP contribution in [0.4, 0.5) is 34.1 Å². The summed E-state index contributed by atoms with van der Waals surface area (Å²) in [6.07, 6.45) is 0. The Bertz CT molecular complexity index is 3230. The molecule has 5 heteroatoms. The molecule has 0 bridgehead atoms. The molecule has 0 spiro atoms. The number of rotatable bonds is 5. The number of para-hydroxylation sites is 5. The first-order chi connectivity index (χ1) is 29.2. The van der Waals surface area contributed by atoms with Crippen LogP contribution >= 0.6 is 23.5 Å². The second kappa shape index (κ2) is 13.9. The van der Waals surface area contributed by atoms with E-state index in [1.807, 2.05) is 23.5 Å². The van der Waals surface area contributed by atoms with Crippen LogP contribution in [0.25, 0.3) is 49.7 Å². The van der Waals surface area contributed by atoms with E-state index in [1.54, 1.807) is 0 Å². The third-order valence-electron chi connectivity index (χ3n) is 11.5. The quantitative estimate of drug-likeness (QED) is 0.172. The monoisotopic (exact) mass is 789 g/mol. The van der Waals surface area contributed by atoms with Crippen molar-refractivity contribution in [1.82, 2.24) is 4.57 Å². The minimum absolute atomic E-state index is 1.15. The summed E-state index contributed by atoms with van der Waals surface area (Å²) in [5, 5.41) is 2.52. The van der Waals surface area contributed by atoms with E-state index in [1.165, 1.54) is 92.1 Å². The summed E-state index contributed by atoms with van der Waals surface area (Å²) in [6, 6.07) is 77.4. The fourth-order valence-electron chi connectivity index (χ4n) is 8.82. The highest BCUT2D eigenvalue weighted by Crippen LogP contribution is 2.55. The zero-order chi connectivity index (χ0) is 38.9. The number of aromatic nitrogens is 1. The Morgan fingerprint density at radius 3 is 1.25 bits per heavy atom. The second-order valence-corrected chi connectivity index (χ2v) is 17.1. The molecule has 278 valence electrons. The highest BCUT2D eigenvalue weighted by Gasteiger charge is 2.28. The first-order valence-electron chi connectivity index (χ1n) is 19.9. The Labute approximate surface area is 351 Å². The number of hydrogen-bond acceptors (Lipinski definition) is 4. The number of fused-ring (bicyclic) bond motifs is 7. The standard InChI is InChI=1S/C54H35N3S2/c1-4-14-40(15-5-1)55-45-21-11-10-20-43(45)44-32-36(24-28-46(44)55)37-25-29-49-53(33-37)59-54-35-39(27-31-50(54)57(49)42-18-8-3-9-19-42)38-26-30-48-52(34-38)58-51-23-13-12-22-47(51)56(48)41-16-6-2-7-17-41/h1-35H. The van der Waals surface area contributed by atoms with Crippen molar-refractivity contribution in [3.05, 3.63) is 212 Å². The summed E-state index contributed by atoms with van der Waals surface area (Å²) in [5.74, 6) is 0. The summed E-state index contributed by atoms with van der Waals surface area (Å²) in [5.41, 5.74) is 15.5. The first kappa shape index (κ1) is 34.1. The van der Waals surface area contributed by atoms with Crippen LogP contribution in [0.15, 0.2) is 232 Å². The molecule has 0 radical (unpaired) electrons. The van der Waals surface area contributed by atoms with Crippen LogP contribution in [0.1, 0.15) is 0 Å². The van der Waals surface area contributed by atoms with Crippen molar-refractivity contribution in [3.63, 3.8) is 0 Å². The van der Waals surface area contributed by atoms with Gasteiger partial charge in [-0.05, 0) is 125 Å². The Balaban J connectivity index is 0.949. The minimum atomic E-state index is 1.15. The van der Waals surface area contributed by atoms with Gasteiger partial charge in [-0.25, -0.2) is 0 Å². The van der Waals surface area contributed by atoms with E-state index < -0.39 is 0 Å². The molecule has 2 aliphatic heterocycles. The Morgan fingerprint density at radius 1 is 0.271 bits per heavy atom. The Kier molecular flexibility index (Phi) is 8.03. The number of anilines is 6. The molecule has 3 nitrogen and oxygen atoms in total. The molecule has 10 aromatic rings. The molecule has 0 saturated carbocycles. The summed E-state index contributed by atoms with van der Waals surface area (Å²) < 4.78 is 2.38. The highest BCUT2D eigenvalue weighted by atomic mass is 32.2. The van der Waals surface area contributed by atoms with E-state index in [2.05, 4.69) is 227 Å². The largest absolute Gasteiger partial charge is 0.309 e. The smallest absolute Gasteiger partial charge is 0.0602 e. The van der Waals surface area contributed by atoms with Gasteiger partial charge in [0.05, 0.1) is 33.8 Å². The van der Waals surface area contributed by atoms with Gasteiger partial charge in [0, 0.05) is 47.4 Å². The van der Waals surface area contributed by atoms with Gasteiger partial charge < -0.3 is 14.4 Å². The highest BCUT2D eigenvalue weighted by molar-refractivity contribution is 8.00. The van der Waals surface area contributed by atoms with Gasteiger partial charge in [0.15, 0.2) is 0 Å². The average Bonchev–Trinajstić information content (AvgIpc) is 3.64. The predicted molar refractivity (Wildman–Crippen MR) is 249 cm³/mol. The van der Waals surface area contributed by atoms with E-state index in [4.69, 9.17) is 0 Å². The molecule has 0 aliphatic carbocycles. The van der Waals surface area contributed by atoms with Crippen LogP contribution < -0.4 is 9.80 Å². The first-order valence-corrected chi connectivity index (χ1v) is 21.6. The fraction of sp³-hybridized carbons (Fsp3) is 0. The topological polar surface area (TPSA) is 11.4 Å². The molecule has 0 N–H and O–H groups in total. The molecule has 12 rings (SSSR count).